The Morgan fingerprint density at radius 1 is 1.30 bits per heavy atom. The van der Waals surface area contributed by atoms with Gasteiger partial charge in [0, 0.05) is 9.50 Å². The van der Waals surface area contributed by atoms with E-state index < -0.39 is 11.7 Å². The van der Waals surface area contributed by atoms with Gasteiger partial charge in [0.25, 0.3) is 5.91 Å². The van der Waals surface area contributed by atoms with Crippen LogP contribution in [0.1, 0.15) is 10.4 Å². The molecule has 23 heavy (non-hydrogen) atoms. The Morgan fingerprint density at radius 2 is 2.04 bits per heavy atom. The first-order valence-electron chi connectivity index (χ1n) is 6.31. The fourth-order valence-electron chi connectivity index (χ4n) is 1.77. The third-order valence-electron chi connectivity index (χ3n) is 2.81. The van der Waals surface area contributed by atoms with Crippen molar-refractivity contribution in [1.29, 1.82) is 0 Å². The Balaban J connectivity index is 2.11. The van der Waals surface area contributed by atoms with Crippen LogP contribution in [0.3, 0.4) is 0 Å². The fraction of sp³-hybridized carbons (Fsp3) is 0.0667. The normalized spacial score (nSPS) is 10.1. The van der Waals surface area contributed by atoms with E-state index in [9.17, 15) is 9.18 Å². The van der Waals surface area contributed by atoms with Gasteiger partial charge >= 0.3 is 0 Å². The minimum Gasteiger partial charge on any atom is -0.496 e. The second-order valence-corrected chi connectivity index (χ2v) is 6.14. The van der Waals surface area contributed by atoms with E-state index in [1.807, 2.05) is 0 Å². The van der Waals surface area contributed by atoms with E-state index in [0.717, 1.165) is 0 Å². The molecule has 1 amide bonds. The van der Waals surface area contributed by atoms with Gasteiger partial charge in [-0.15, -0.1) is 0 Å². The summed E-state index contributed by atoms with van der Waals surface area (Å²) >= 11 is 14.1. The highest BCUT2D eigenvalue weighted by molar-refractivity contribution is 9.10. The summed E-state index contributed by atoms with van der Waals surface area (Å²) in [4.78, 5) is 12.2. The number of carbonyl (C=O) groups excluding carboxylic acids is 1. The molecule has 0 aliphatic carbocycles. The zero-order valence-electron chi connectivity index (χ0n) is 11.8. The van der Waals surface area contributed by atoms with Crippen molar-refractivity contribution in [1.82, 2.24) is 5.32 Å². The molecule has 120 valence electrons. The zero-order chi connectivity index (χ0) is 17.0. The summed E-state index contributed by atoms with van der Waals surface area (Å²) in [5.74, 6) is -0.666. The molecule has 0 saturated carbocycles. The number of hydrogen-bond acceptors (Lipinski definition) is 3. The lowest BCUT2D eigenvalue weighted by Gasteiger charge is -2.12. The van der Waals surface area contributed by atoms with Crippen LogP contribution in [0.5, 0.6) is 5.75 Å². The van der Waals surface area contributed by atoms with E-state index in [1.54, 1.807) is 18.2 Å². The number of hydrogen-bond donors (Lipinski definition) is 2. The molecule has 0 saturated heterocycles. The molecule has 2 rings (SSSR count). The van der Waals surface area contributed by atoms with Crippen molar-refractivity contribution in [2.45, 2.75) is 0 Å². The molecule has 0 radical (unpaired) electrons. The van der Waals surface area contributed by atoms with E-state index in [1.165, 1.54) is 25.3 Å². The molecule has 0 aliphatic rings. The summed E-state index contributed by atoms with van der Waals surface area (Å²) in [5.41, 5.74) is 0.372. The van der Waals surface area contributed by atoms with Gasteiger partial charge in [-0.05, 0) is 48.6 Å². The van der Waals surface area contributed by atoms with Crippen molar-refractivity contribution in [3.05, 3.63) is 57.3 Å². The maximum absolute atomic E-state index is 13.7. The van der Waals surface area contributed by atoms with E-state index >= 15 is 0 Å². The molecule has 2 N–H and O–H groups in total. The van der Waals surface area contributed by atoms with E-state index in [0.29, 0.717) is 15.2 Å². The summed E-state index contributed by atoms with van der Waals surface area (Å²) in [6, 6.07) is 9.06. The van der Waals surface area contributed by atoms with E-state index in [2.05, 4.69) is 26.6 Å². The van der Waals surface area contributed by atoms with Gasteiger partial charge in [-0.1, -0.05) is 27.5 Å². The second kappa shape index (κ2) is 7.72. The van der Waals surface area contributed by atoms with Crippen LogP contribution in [0, 0.1) is 5.82 Å². The van der Waals surface area contributed by atoms with Crippen molar-refractivity contribution >= 4 is 56.5 Å². The molecule has 8 heteroatoms. The lowest BCUT2D eigenvalue weighted by Crippen LogP contribution is -2.34. The van der Waals surface area contributed by atoms with Crippen molar-refractivity contribution < 1.29 is 13.9 Å². The Kier molecular flexibility index (Phi) is 5.92. The molecule has 4 nitrogen and oxygen atoms in total. The summed E-state index contributed by atoms with van der Waals surface area (Å²) in [6.07, 6.45) is 0. The number of methoxy groups -OCH3 is 1. The Morgan fingerprint density at radius 3 is 2.70 bits per heavy atom. The van der Waals surface area contributed by atoms with Gasteiger partial charge < -0.3 is 10.1 Å². The lowest BCUT2D eigenvalue weighted by molar-refractivity contribution is 0.0975. The summed E-state index contributed by atoms with van der Waals surface area (Å²) in [7, 11) is 1.44. The summed E-state index contributed by atoms with van der Waals surface area (Å²) < 4.78 is 19.4. The highest BCUT2D eigenvalue weighted by Crippen LogP contribution is 2.23. The first-order chi connectivity index (χ1) is 10.9. The highest BCUT2D eigenvalue weighted by atomic mass is 79.9. The minimum absolute atomic E-state index is 0.0433. The van der Waals surface area contributed by atoms with Gasteiger partial charge in [-0.25, -0.2) is 4.39 Å². The number of anilines is 1. The molecule has 0 aliphatic heterocycles. The quantitative estimate of drug-likeness (QED) is 0.728. The van der Waals surface area contributed by atoms with Crippen LogP contribution >= 0.6 is 39.7 Å². The molecule has 0 aromatic heterocycles. The van der Waals surface area contributed by atoms with Crippen LogP contribution in [0.25, 0.3) is 0 Å². The van der Waals surface area contributed by atoms with Gasteiger partial charge in [0.1, 0.15) is 11.6 Å². The van der Waals surface area contributed by atoms with Crippen molar-refractivity contribution in [3.63, 3.8) is 0 Å². The number of thiocarbonyl (C=S) groups is 1. The fourth-order valence-corrected chi connectivity index (χ4v) is 2.48. The molecule has 0 bridgehead atoms. The summed E-state index contributed by atoms with van der Waals surface area (Å²) in [6.45, 7) is 0. The third-order valence-corrected chi connectivity index (χ3v) is 3.75. The first kappa shape index (κ1) is 17.7. The van der Waals surface area contributed by atoms with E-state index in [-0.39, 0.29) is 16.4 Å². The number of halogens is 3. The molecule has 0 unspecified atom stereocenters. The van der Waals surface area contributed by atoms with Crippen LogP contribution in [0.15, 0.2) is 40.9 Å². The molecule has 0 heterocycles. The van der Waals surface area contributed by atoms with Gasteiger partial charge in [0.2, 0.25) is 0 Å². The lowest BCUT2D eigenvalue weighted by atomic mass is 10.2. The van der Waals surface area contributed by atoms with Crippen LogP contribution < -0.4 is 15.4 Å². The van der Waals surface area contributed by atoms with Gasteiger partial charge in [0.15, 0.2) is 5.11 Å². The number of nitrogens with one attached hydrogen (secondary N) is 2. The topological polar surface area (TPSA) is 50.4 Å². The smallest absolute Gasteiger partial charge is 0.261 e. The number of rotatable bonds is 3. The van der Waals surface area contributed by atoms with Crippen molar-refractivity contribution in [3.8, 4) is 5.75 Å². The second-order valence-electron chi connectivity index (χ2n) is 4.38. The van der Waals surface area contributed by atoms with Crippen molar-refractivity contribution in [2.75, 3.05) is 12.4 Å². The maximum Gasteiger partial charge on any atom is 0.261 e. The number of carbonyl (C=O) groups is 1. The number of amides is 1. The predicted molar refractivity (Wildman–Crippen MR) is 95.8 cm³/mol. The zero-order valence-corrected chi connectivity index (χ0v) is 15.0. The monoisotopic (exact) mass is 416 g/mol. The SMILES string of the molecule is COc1ccc(Cl)cc1C(=O)NC(=S)Nc1ccc(Br)cc1F. The molecule has 0 spiro atoms. The van der Waals surface area contributed by atoms with Crippen molar-refractivity contribution in [2.24, 2.45) is 0 Å². The molecule has 2 aromatic carbocycles. The maximum atomic E-state index is 13.7. The number of ether oxygens (including phenoxy) is 1. The molecular formula is C15H11BrClFN2O2S. The molecule has 0 atom stereocenters. The molecule has 0 fully saturated rings. The average Bonchev–Trinajstić information content (AvgIpc) is 2.50. The molecule has 2 aromatic rings. The Bertz CT molecular complexity index is 773. The summed E-state index contributed by atoms with van der Waals surface area (Å²) in [5, 5.41) is 5.41. The van der Waals surface area contributed by atoms with Crippen LogP contribution in [0.2, 0.25) is 5.02 Å². The number of benzene rings is 2. The van der Waals surface area contributed by atoms with E-state index in [4.69, 9.17) is 28.6 Å². The Hall–Kier alpha value is -1.70. The highest BCUT2D eigenvalue weighted by Gasteiger charge is 2.15. The van der Waals surface area contributed by atoms with Crippen LogP contribution in [-0.4, -0.2) is 18.1 Å². The standard InChI is InChI=1S/C15H11BrClFN2O2S/c1-22-13-5-3-9(17)7-10(13)14(21)20-15(23)19-12-4-2-8(16)6-11(12)18/h2-7H,1H3,(H2,19,20,21,23). The Labute approximate surface area is 151 Å². The van der Waals surface area contributed by atoms with Gasteiger partial charge in [-0.3, -0.25) is 10.1 Å². The minimum atomic E-state index is -0.514. The van der Waals surface area contributed by atoms with Crippen LogP contribution in [0.4, 0.5) is 10.1 Å². The van der Waals surface area contributed by atoms with Gasteiger partial charge in [0.05, 0.1) is 18.4 Å². The largest absolute Gasteiger partial charge is 0.496 e. The van der Waals surface area contributed by atoms with Crippen LogP contribution in [-0.2, 0) is 0 Å². The predicted octanol–water partition coefficient (Wildman–Crippen LogP) is 4.38. The van der Waals surface area contributed by atoms with Gasteiger partial charge in [-0.2, -0.15) is 0 Å². The molecular weight excluding hydrogens is 407 g/mol. The first-order valence-corrected chi connectivity index (χ1v) is 7.89. The average molecular weight is 418 g/mol. The third kappa shape index (κ3) is 4.63.